The summed E-state index contributed by atoms with van der Waals surface area (Å²) in [4.78, 5) is -0.0182. The molecule has 0 heterocycles. The van der Waals surface area contributed by atoms with Crippen LogP contribution in [-0.4, -0.2) is 21.9 Å². The number of hydrogen-bond donors (Lipinski definition) is 3. The van der Waals surface area contributed by atoms with Crippen LogP contribution >= 0.6 is 0 Å². The molecule has 3 aromatic carbocycles. The van der Waals surface area contributed by atoms with E-state index in [2.05, 4.69) is 9.44 Å². The Morgan fingerprint density at radius 1 is 0.593 bits per heavy atom. The second-order valence-corrected chi connectivity index (χ2v) is 8.90. The summed E-state index contributed by atoms with van der Waals surface area (Å²) < 4.78 is 54.7. The van der Waals surface area contributed by atoms with Crippen LogP contribution in [-0.2, 0) is 20.0 Å². The molecule has 0 fully saturated rings. The molecule has 0 atom stereocenters. The lowest BCUT2D eigenvalue weighted by atomic mass is 10.2. The second kappa shape index (κ2) is 7.29. The molecule has 0 spiro atoms. The standard InChI is InChI=1S/C18H16N2O5S2/c21-17-13-7-12-16(19-26(22,23)14-8-3-1-4-9-14)18(17)20-27(24,25)15-10-5-2-6-11-15/h1-13,19-21H. The van der Waals surface area contributed by atoms with E-state index in [4.69, 9.17) is 0 Å². The van der Waals surface area contributed by atoms with Crippen LogP contribution in [0.2, 0.25) is 0 Å². The van der Waals surface area contributed by atoms with Crippen LogP contribution in [0.15, 0.2) is 88.7 Å². The topological polar surface area (TPSA) is 113 Å². The highest BCUT2D eigenvalue weighted by Gasteiger charge is 2.21. The number of sulfonamides is 2. The first kappa shape index (κ1) is 18.7. The minimum atomic E-state index is -4.02. The largest absolute Gasteiger partial charge is 0.506 e. The van der Waals surface area contributed by atoms with E-state index in [0.29, 0.717) is 0 Å². The average Bonchev–Trinajstić information content (AvgIpc) is 2.66. The summed E-state index contributed by atoms with van der Waals surface area (Å²) in [5.74, 6) is -0.414. The highest BCUT2D eigenvalue weighted by molar-refractivity contribution is 7.93. The number of anilines is 2. The van der Waals surface area contributed by atoms with Gasteiger partial charge in [-0.1, -0.05) is 42.5 Å². The van der Waals surface area contributed by atoms with Gasteiger partial charge in [0.2, 0.25) is 0 Å². The number of aromatic hydroxyl groups is 1. The van der Waals surface area contributed by atoms with Crippen molar-refractivity contribution in [3.63, 3.8) is 0 Å². The van der Waals surface area contributed by atoms with Crippen molar-refractivity contribution in [3.05, 3.63) is 78.9 Å². The van der Waals surface area contributed by atoms with Gasteiger partial charge >= 0.3 is 0 Å². The van der Waals surface area contributed by atoms with E-state index in [9.17, 15) is 21.9 Å². The van der Waals surface area contributed by atoms with Gasteiger partial charge in [-0.3, -0.25) is 9.44 Å². The Hall–Kier alpha value is -3.04. The van der Waals surface area contributed by atoms with Crippen LogP contribution in [0.5, 0.6) is 5.75 Å². The second-order valence-electron chi connectivity index (χ2n) is 5.54. The molecule has 7 nitrogen and oxygen atoms in total. The normalized spacial score (nSPS) is 11.7. The zero-order chi connectivity index (χ0) is 19.5. The highest BCUT2D eigenvalue weighted by atomic mass is 32.2. The van der Waals surface area contributed by atoms with Gasteiger partial charge in [-0.25, -0.2) is 16.8 Å². The quantitative estimate of drug-likeness (QED) is 0.547. The maximum atomic E-state index is 12.5. The molecular formula is C18H16N2O5S2. The Kier molecular flexibility index (Phi) is 5.06. The Morgan fingerprint density at radius 2 is 1.07 bits per heavy atom. The van der Waals surface area contributed by atoms with Crippen LogP contribution in [0, 0.1) is 0 Å². The van der Waals surface area contributed by atoms with Gasteiger partial charge in [0.1, 0.15) is 11.4 Å². The van der Waals surface area contributed by atoms with Gasteiger partial charge in [-0.15, -0.1) is 0 Å². The maximum absolute atomic E-state index is 12.5. The lowest BCUT2D eigenvalue weighted by Gasteiger charge is -2.15. The molecule has 0 unspecified atom stereocenters. The van der Waals surface area contributed by atoms with Crippen molar-refractivity contribution < 1.29 is 21.9 Å². The minimum Gasteiger partial charge on any atom is -0.506 e. The van der Waals surface area contributed by atoms with Gasteiger partial charge < -0.3 is 5.11 Å². The number of para-hydroxylation sites is 1. The van der Waals surface area contributed by atoms with Crippen LogP contribution in [0.3, 0.4) is 0 Å². The Balaban J connectivity index is 1.99. The van der Waals surface area contributed by atoms with Crippen molar-refractivity contribution in [1.29, 1.82) is 0 Å². The third-order valence-electron chi connectivity index (χ3n) is 3.63. The summed E-state index contributed by atoms with van der Waals surface area (Å²) in [6.07, 6.45) is 0. The highest BCUT2D eigenvalue weighted by Crippen LogP contribution is 2.34. The summed E-state index contributed by atoms with van der Waals surface area (Å²) in [5.41, 5.74) is -0.362. The zero-order valence-electron chi connectivity index (χ0n) is 13.9. The van der Waals surface area contributed by atoms with Crippen LogP contribution in [0.25, 0.3) is 0 Å². The molecule has 0 aromatic heterocycles. The van der Waals surface area contributed by atoms with Gasteiger partial charge in [0.15, 0.2) is 0 Å². The van der Waals surface area contributed by atoms with E-state index in [0.717, 1.165) is 0 Å². The Morgan fingerprint density at radius 3 is 1.59 bits per heavy atom. The molecule has 9 heteroatoms. The smallest absolute Gasteiger partial charge is 0.262 e. The van der Waals surface area contributed by atoms with Crippen LogP contribution in [0.4, 0.5) is 11.4 Å². The van der Waals surface area contributed by atoms with E-state index in [1.165, 1.54) is 42.5 Å². The molecule has 140 valence electrons. The average molecular weight is 404 g/mol. The molecular weight excluding hydrogens is 388 g/mol. The lowest BCUT2D eigenvalue weighted by Crippen LogP contribution is -2.17. The fourth-order valence-electron chi connectivity index (χ4n) is 2.33. The maximum Gasteiger partial charge on any atom is 0.262 e. The van der Waals surface area contributed by atoms with E-state index in [1.54, 1.807) is 36.4 Å². The number of hydrogen-bond acceptors (Lipinski definition) is 5. The van der Waals surface area contributed by atoms with Crippen molar-refractivity contribution >= 4 is 31.4 Å². The summed E-state index contributed by atoms with van der Waals surface area (Å²) in [6.45, 7) is 0. The van der Waals surface area contributed by atoms with Crippen molar-refractivity contribution in [2.75, 3.05) is 9.44 Å². The lowest BCUT2D eigenvalue weighted by molar-refractivity contribution is 0.478. The molecule has 0 aliphatic rings. The molecule has 0 aliphatic carbocycles. The number of phenolic OH excluding ortho intramolecular Hbond substituents is 1. The molecule has 0 aliphatic heterocycles. The molecule has 0 amide bonds. The summed E-state index contributed by atoms with van der Waals surface area (Å²) in [5, 5.41) is 10.1. The van der Waals surface area contributed by atoms with E-state index in [-0.39, 0.29) is 21.2 Å². The Bertz CT molecular complexity index is 1150. The summed E-state index contributed by atoms with van der Waals surface area (Å²) >= 11 is 0. The van der Waals surface area contributed by atoms with Crippen LogP contribution in [0.1, 0.15) is 0 Å². The van der Waals surface area contributed by atoms with E-state index in [1.807, 2.05) is 0 Å². The number of benzene rings is 3. The first-order valence-corrected chi connectivity index (χ1v) is 10.7. The minimum absolute atomic E-state index is 0.00482. The SMILES string of the molecule is O=S(=O)(Nc1cccc(O)c1NS(=O)(=O)c1ccccc1)c1ccccc1. The third kappa shape index (κ3) is 4.21. The van der Waals surface area contributed by atoms with Gasteiger partial charge in [0.25, 0.3) is 20.0 Å². The zero-order valence-corrected chi connectivity index (χ0v) is 15.5. The number of nitrogens with one attached hydrogen (secondary N) is 2. The Labute approximate surface area is 157 Å². The molecule has 3 aromatic rings. The number of rotatable bonds is 6. The molecule has 27 heavy (non-hydrogen) atoms. The summed E-state index contributed by atoms with van der Waals surface area (Å²) in [7, 11) is -7.99. The van der Waals surface area contributed by atoms with Crippen LogP contribution < -0.4 is 9.44 Å². The number of phenols is 1. The summed E-state index contributed by atoms with van der Waals surface area (Å²) in [6, 6.07) is 19.2. The molecule has 3 rings (SSSR count). The van der Waals surface area contributed by atoms with Gasteiger partial charge in [-0.2, -0.15) is 0 Å². The van der Waals surface area contributed by atoms with Gasteiger partial charge in [0.05, 0.1) is 15.5 Å². The molecule has 0 bridgehead atoms. The monoisotopic (exact) mass is 404 g/mol. The predicted molar refractivity (Wildman–Crippen MR) is 103 cm³/mol. The fraction of sp³-hybridized carbons (Fsp3) is 0. The fourth-order valence-corrected chi connectivity index (χ4v) is 4.54. The molecule has 0 saturated heterocycles. The van der Waals surface area contributed by atoms with Crippen molar-refractivity contribution in [2.45, 2.75) is 9.79 Å². The van der Waals surface area contributed by atoms with Crippen molar-refractivity contribution in [3.8, 4) is 5.75 Å². The van der Waals surface area contributed by atoms with Gasteiger partial charge in [0, 0.05) is 0 Å². The predicted octanol–water partition coefficient (Wildman–Crippen LogP) is 2.99. The van der Waals surface area contributed by atoms with Crippen molar-refractivity contribution in [2.24, 2.45) is 0 Å². The van der Waals surface area contributed by atoms with Crippen molar-refractivity contribution in [1.82, 2.24) is 0 Å². The first-order valence-electron chi connectivity index (χ1n) is 7.77. The van der Waals surface area contributed by atoms with E-state index >= 15 is 0 Å². The molecule has 3 N–H and O–H groups in total. The molecule has 0 saturated carbocycles. The third-order valence-corrected chi connectivity index (χ3v) is 6.38. The van der Waals surface area contributed by atoms with Gasteiger partial charge in [-0.05, 0) is 36.4 Å². The van der Waals surface area contributed by atoms with E-state index < -0.39 is 25.8 Å². The first-order chi connectivity index (χ1) is 12.8. The molecule has 0 radical (unpaired) electrons.